The van der Waals surface area contributed by atoms with Crippen molar-refractivity contribution in [3.05, 3.63) is 41.4 Å². The van der Waals surface area contributed by atoms with Crippen molar-refractivity contribution in [3.63, 3.8) is 0 Å². The van der Waals surface area contributed by atoms with Crippen LogP contribution in [0, 0.1) is 17.8 Å². The third-order valence-corrected chi connectivity index (χ3v) is 5.65. The van der Waals surface area contributed by atoms with Gasteiger partial charge in [0.2, 0.25) is 5.91 Å². The predicted molar refractivity (Wildman–Crippen MR) is 86.7 cm³/mol. The summed E-state index contributed by atoms with van der Waals surface area (Å²) in [5.74, 6) is 1.15. The van der Waals surface area contributed by atoms with Crippen LogP contribution in [0.2, 0.25) is 5.02 Å². The highest BCUT2D eigenvalue weighted by Gasteiger charge is 2.70. The molecular formula is C18H18ClNO3. The van der Waals surface area contributed by atoms with E-state index in [9.17, 15) is 9.59 Å². The van der Waals surface area contributed by atoms with E-state index in [2.05, 4.69) is 11.9 Å². The second-order valence-electron chi connectivity index (χ2n) is 6.70. The van der Waals surface area contributed by atoms with Crippen LogP contribution in [0.5, 0.6) is 5.75 Å². The van der Waals surface area contributed by atoms with Gasteiger partial charge in [0.1, 0.15) is 11.4 Å². The largest absolute Gasteiger partial charge is 0.486 e. The lowest BCUT2D eigenvalue weighted by atomic mass is 9.84. The molecule has 0 unspecified atom stereocenters. The lowest BCUT2D eigenvalue weighted by molar-refractivity contribution is -0.123. The maximum absolute atomic E-state index is 12.6. The molecule has 1 aromatic rings. The summed E-state index contributed by atoms with van der Waals surface area (Å²) in [4.78, 5) is 24.8. The first-order valence-corrected chi connectivity index (χ1v) is 8.34. The Hall–Kier alpha value is -1.81. The second-order valence-corrected chi connectivity index (χ2v) is 7.13. The number of rotatable bonds is 3. The normalized spacial score (nSPS) is 33.6. The summed E-state index contributed by atoms with van der Waals surface area (Å²) in [6, 6.07) is 5.17. The predicted octanol–water partition coefficient (Wildman–Crippen LogP) is 3.00. The smallest absolute Gasteiger partial charge is 0.224 e. The van der Waals surface area contributed by atoms with Crippen LogP contribution in [0.15, 0.2) is 30.9 Å². The van der Waals surface area contributed by atoms with Crippen LogP contribution in [0.4, 0.5) is 0 Å². The molecule has 2 saturated carbocycles. The van der Waals surface area contributed by atoms with Gasteiger partial charge >= 0.3 is 0 Å². The molecule has 1 N–H and O–H groups in total. The molecule has 23 heavy (non-hydrogen) atoms. The molecule has 0 radical (unpaired) electrons. The fraction of sp³-hybridized carbons (Fsp3) is 0.444. The zero-order chi connectivity index (χ0) is 16.2. The summed E-state index contributed by atoms with van der Waals surface area (Å²) in [5.41, 5.74) is 0.0403. The minimum Gasteiger partial charge on any atom is -0.486 e. The summed E-state index contributed by atoms with van der Waals surface area (Å²) in [7, 11) is 0. The minimum atomic E-state index is -0.515. The summed E-state index contributed by atoms with van der Waals surface area (Å²) in [6.45, 7) is 4.09. The van der Waals surface area contributed by atoms with Gasteiger partial charge in [-0.1, -0.05) is 17.7 Å². The molecule has 1 heterocycles. The van der Waals surface area contributed by atoms with Crippen molar-refractivity contribution in [2.45, 2.75) is 24.9 Å². The number of Topliss-reactive ketones (excluding diaryl/α,β-unsaturated/α-hetero) is 1. The molecular weight excluding hydrogens is 314 g/mol. The number of nitrogens with one attached hydrogen (secondary N) is 1. The van der Waals surface area contributed by atoms with E-state index >= 15 is 0 Å². The highest BCUT2D eigenvalue weighted by atomic mass is 35.5. The molecule has 4 nitrogen and oxygen atoms in total. The Balaban J connectivity index is 1.59. The number of halogens is 1. The molecule has 2 fully saturated rings. The molecule has 0 bridgehead atoms. The quantitative estimate of drug-likeness (QED) is 0.866. The van der Waals surface area contributed by atoms with Crippen LogP contribution in [0.25, 0.3) is 0 Å². The van der Waals surface area contributed by atoms with Gasteiger partial charge in [-0.05, 0) is 37.0 Å². The van der Waals surface area contributed by atoms with Gasteiger partial charge in [0.15, 0.2) is 5.78 Å². The van der Waals surface area contributed by atoms with Crippen molar-refractivity contribution in [2.24, 2.45) is 17.8 Å². The summed E-state index contributed by atoms with van der Waals surface area (Å²) in [5, 5.41) is 3.40. The van der Waals surface area contributed by atoms with Crippen LogP contribution < -0.4 is 10.1 Å². The highest BCUT2D eigenvalue weighted by molar-refractivity contribution is 6.31. The Morgan fingerprint density at radius 2 is 2.35 bits per heavy atom. The molecule has 1 aromatic carbocycles. The van der Waals surface area contributed by atoms with Gasteiger partial charge in [0.05, 0.1) is 12.0 Å². The fourth-order valence-corrected chi connectivity index (χ4v) is 4.60. The Morgan fingerprint density at radius 1 is 1.52 bits per heavy atom. The lowest BCUT2D eigenvalue weighted by Gasteiger charge is -2.37. The third-order valence-electron chi connectivity index (χ3n) is 5.42. The number of ether oxygens (including phenoxy) is 1. The maximum Gasteiger partial charge on any atom is 0.224 e. The average molecular weight is 332 g/mol. The zero-order valence-electron chi connectivity index (χ0n) is 12.7. The molecule has 5 heteroatoms. The number of hydrogen-bond donors (Lipinski definition) is 1. The van der Waals surface area contributed by atoms with E-state index in [1.54, 1.807) is 24.3 Å². The summed E-state index contributed by atoms with van der Waals surface area (Å²) in [6.07, 6.45) is 3.79. The molecule has 4 rings (SSSR count). The van der Waals surface area contributed by atoms with Crippen molar-refractivity contribution in [1.82, 2.24) is 5.32 Å². The summed E-state index contributed by atoms with van der Waals surface area (Å²) >= 11 is 5.97. The number of ketones is 1. The molecule has 1 aliphatic heterocycles. The Kier molecular flexibility index (Phi) is 3.27. The standard InChI is InChI=1S/C18H18ClNO3/c1-2-7-20-17(22)15-11-5-6-18(16(11)15)9-13(21)12-8-10(19)3-4-14(12)23-18/h2-4,8,11,15-16H,1,5-7,9H2,(H,20,22)/t11-,15+,16+,18-/m0/s1. The average Bonchev–Trinajstić information content (AvgIpc) is 3.18. The van der Waals surface area contributed by atoms with E-state index in [1.807, 2.05) is 0 Å². The lowest BCUT2D eigenvalue weighted by Crippen LogP contribution is -2.44. The van der Waals surface area contributed by atoms with Crippen LogP contribution in [-0.2, 0) is 4.79 Å². The van der Waals surface area contributed by atoms with E-state index in [0.29, 0.717) is 35.2 Å². The minimum absolute atomic E-state index is 0.0367. The Bertz CT molecular complexity index is 716. The van der Waals surface area contributed by atoms with E-state index in [4.69, 9.17) is 16.3 Å². The number of carbonyl (C=O) groups is 2. The van der Waals surface area contributed by atoms with E-state index in [0.717, 1.165) is 12.8 Å². The number of benzene rings is 1. The topological polar surface area (TPSA) is 55.4 Å². The van der Waals surface area contributed by atoms with E-state index in [-0.39, 0.29) is 23.5 Å². The van der Waals surface area contributed by atoms with Crippen molar-refractivity contribution >= 4 is 23.3 Å². The van der Waals surface area contributed by atoms with Crippen molar-refractivity contribution in [2.75, 3.05) is 6.54 Å². The molecule has 0 saturated heterocycles. The van der Waals surface area contributed by atoms with Gasteiger partial charge in [-0.25, -0.2) is 0 Å². The number of hydrogen-bond acceptors (Lipinski definition) is 3. The maximum atomic E-state index is 12.6. The first-order valence-electron chi connectivity index (χ1n) is 7.96. The van der Waals surface area contributed by atoms with Crippen LogP contribution in [-0.4, -0.2) is 23.8 Å². The first-order chi connectivity index (χ1) is 11.1. The van der Waals surface area contributed by atoms with Gasteiger partial charge in [-0.15, -0.1) is 6.58 Å². The van der Waals surface area contributed by atoms with Crippen molar-refractivity contribution in [3.8, 4) is 5.75 Å². The van der Waals surface area contributed by atoms with Gasteiger partial charge in [0.25, 0.3) is 0 Å². The van der Waals surface area contributed by atoms with Gasteiger partial charge < -0.3 is 10.1 Å². The Labute approximate surface area is 139 Å². The van der Waals surface area contributed by atoms with Crippen molar-refractivity contribution in [1.29, 1.82) is 0 Å². The SMILES string of the molecule is C=CCNC(=O)[C@@H]1[C@@H]2CC[C@]3(CC(=O)c4cc(Cl)ccc4O3)[C@H]21. The molecule has 1 amide bonds. The van der Waals surface area contributed by atoms with Gasteiger partial charge in [0, 0.05) is 23.4 Å². The zero-order valence-corrected chi connectivity index (χ0v) is 13.4. The molecule has 2 aliphatic carbocycles. The Morgan fingerprint density at radius 3 is 3.13 bits per heavy atom. The first kappa shape index (κ1) is 14.8. The van der Waals surface area contributed by atoms with Gasteiger partial charge in [-0.3, -0.25) is 9.59 Å². The van der Waals surface area contributed by atoms with E-state index in [1.165, 1.54) is 0 Å². The fourth-order valence-electron chi connectivity index (χ4n) is 4.43. The van der Waals surface area contributed by atoms with Crippen LogP contribution >= 0.6 is 11.6 Å². The highest BCUT2D eigenvalue weighted by Crippen LogP contribution is 2.65. The molecule has 1 spiro atoms. The summed E-state index contributed by atoms with van der Waals surface area (Å²) < 4.78 is 6.26. The molecule has 120 valence electrons. The molecule has 3 aliphatic rings. The number of amides is 1. The number of carbonyl (C=O) groups excluding carboxylic acids is 2. The number of fused-ring (bicyclic) bond motifs is 3. The third kappa shape index (κ3) is 2.19. The second kappa shape index (κ2) is 5.10. The van der Waals surface area contributed by atoms with Crippen molar-refractivity contribution < 1.29 is 14.3 Å². The molecule has 4 atom stereocenters. The van der Waals surface area contributed by atoms with Crippen LogP contribution in [0.1, 0.15) is 29.6 Å². The molecule has 0 aromatic heterocycles. The van der Waals surface area contributed by atoms with Crippen LogP contribution in [0.3, 0.4) is 0 Å². The monoisotopic (exact) mass is 331 g/mol. The van der Waals surface area contributed by atoms with Gasteiger partial charge in [-0.2, -0.15) is 0 Å². The van der Waals surface area contributed by atoms with E-state index < -0.39 is 5.60 Å².